The molecule has 0 saturated carbocycles. The highest BCUT2D eigenvalue weighted by Gasteiger charge is 2.05. The van der Waals surface area contributed by atoms with Gasteiger partial charge in [-0.3, -0.25) is 4.99 Å². The first-order chi connectivity index (χ1) is 7.71. The van der Waals surface area contributed by atoms with Crippen LogP contribution in [0.1, 0.15) is 6.92 Å². The molecular formula is C13H19N3. The molecule has 0 radical (unpaired) electrons. The van der Waals surface area contributed by atoms with Gasteiger partial charge in [-0.2, -0.15) is 0 Å². The standard InChI is InChI=1S/C13H19N3/c1-6-9-12(14-4)16(5)13(10-7-2)15-11-8-3/h6-11H,2-3H2,1,4-5H3/b9-6-,13-10+,14-12?,15-11?. The quantitative estimate of drug-likeness (QED) is 0.395. The van der Waals surface area contributed by atoms with Crippen molar-refractivity contribution < 1.29 is 0 Å². The Labute approximate surface area is 97.9 Å². The van der Waals surface area contributed by atoms with Crippen LogP contribution >= 0.6 is 0 Å². The Morgan fingerprint density at radius 2 is 1.94 bits per heavy atom. The molecule has 0 aromatic carbocycles. The normalized spacial score (nSPS) is 13.4. The van der Waals surface area contributed by atoms with Gasteiger partial charge in [0, 0.05) is 20.3 Å². The highest BCUT2D eigenvalue weighted by molar-refractivity contribution is 5.94. The zero-order valence-electron chi connectivity index (χ0n) is 10.2. The van der Waals surface area contributed by atoms with Crippen LogP contribution in [0.4, 0.5) is 0 Å². The minimum absolute atomic E-state index is 0.758. The first-order valence-corrected chi connectivity index (χ1v) is 5.02. The van der Waals surface area contributed by atoms with E-state index in [0.29, 0.717) is 0 Å². The molecule has 0 aromatic rings. The first kappa shape index (κ1) is 14.1. The minimum atomic E-state index is 0.758. The number of hydrogen-bond donors (Lipinski definition) is 0. The van der Waals surface area contributed by atoms with Gasteiger partial charge in [0.2, 0.25) is 0 Å². The van der Waals surface area contributed by atoms with Crippen molar-refractivity contribution in [1.82, 2.24) is 4.90 Å². The second-order valence-corrected chi connectivity index (χ2v) is 2.92. The zero-order chi connectivity index (χ0) is 12.4. The number of hydrogen-bond acceptors (Lipinski definition) is 2. The second-order valence-electron chi connectivity index (χ2n) is 2.92. The molecule has 0 atom stereocenters. The van der Waals surface area contributed by atoms with E-state index in [-0.39, 0.29) is 0 Å². The van der Waals surface area contributed by atoms with Gasteiger partial charge in [-0.1, -0.05) is 31.4 Å². The summed E-state index contributed by atoms with van der Waals surface area (Å²) in [4.78, 5) is 10.3. The van der Waals surface area contributed by atoms with E-state index in [9.17, 15) is 0 Å². The van der Waals surface area contributed by atoms with Crippen molar-refractivity contribution in [1.29, 1.82) is 0 Å². The maximum Gasteiger partial charge on any atom is 0.133 e. The number of rotatable bonds is 5. The SMILES string of the molecule is C=CC=N/C(=C\C=C)N(C)C(/C=C\C)=NC. The molecule has 0 rings (SSSR count). The summed E-state index contributed by atoms with van der Waals surface area (Å²) >= 11 is 0. The average molecular weight is 217 g/mol. The van der Waals surface area contributed by atoms with E-state index in [1.54, 1.807) is 25.4 Å². The van der Waals surface area contributed by atoms with Crippen molar-refractivity contribution in [2.24, 2.45) is 9.98 Å². The summed E-state index contributed by atoms with van der Waals surface area (Å²) in [7, 11) is 3.65. The monoisotopic (exact) mass is 217 g/mol. The van der Waals surface area contributed by atoms with Crippen LogP contribution in [0.15, 0.2) is 59.3 Å². The van der Waals surface area contributed by atoms with Gasteiger partial charge in [0.25, 0.3) is 0 Å². The van der Waals surface area contributed by atoms with Crippen LogP contribution in [0.2, 0.25) is 0 Å². The zero-order valence-corrected chi connectivity index (χ0v) is 10.2. The number of amidine groups is 1. The molecule has 0 heterocycles. The van der Waals surface area contributed by atoms with Crippen molar-refractivity contribution in [3.05, 3.63) is 49.4 Å². The van der Waals surface area contributed by atoms with E-state index in [1.807, 2.05) is 37.1 Å². The number of allylic oxidation sites excluding steroid dienone is 4. The van der Waals surface area contributed by atoms with E-state index < -0.39 is 0 Å². The van der Waals surface area contributed by atoms with E-state index in [4.69, 9.17) is 0 Å². The smallest absolute Gasteiger partial charge is 0.133 e. The molecule has 86 valence electrons. The Morgan fingerprint density at radius 1 is 1.25 bits per heavy atom. The van der Waals surface area contributed by atoms with Crippen LogP contribution in [0, 0.1) is 0 Å². The van der Waals surface area contributed by atoms with Crippen molar-refractivity contribution in [3.8, 4) is 0 Å². The van der Waals surface area contributed by atoms with Crippen molar-refractivity contribution in [2.75, 3.05) is 14.1 Å². The molecule has 0 fully saturated rings. The predicted molar refractivity (Wildman–Crippen MR) is 72.9 cm³/mol. The second kappa shape index (κ2) is 8.41. The third kappa shape index (κ3) is 4.55. The summed E-state index contributed by atoms with van der Waals surface area (Å²) in [6, 6.07) is 0. The summed E-state index contributed by atoms with van der Waals surface area (Å²) in [6.45, 7) is 9.20. The lowest BCUT2D eigenvalue weighted by Crippen LogP contribution is -2.23. The molecule has 0 aliphatic rings. The molecule has 0 aromatic heterocycles. The lowest BCUT2D eigenvalue weighted by molar-refractivity contribution is 0.621. The summed E-state index contributed by atoms with van der Waals surface area (Å²) in [5.74, 6) is 1.59. The fourth-order valence-corrected chi connectivity index (χ4v) is 1.08. The van der Waals surface area contributed by atoms with Gasteiger partial charge in [0.1, 0.15) is 11.7 Å². The van der Waals surface area contributed by atoms with Gasteiger partial charge in [0.05, 0.1) is 0 Å². The highest BCUT2D eigenvalue weighted by Crippen LogP contribution is 2.05. The lowest BCUT2D eigenvalue weighted by Gasteiger charge is -2.18. The van der Waals surface area contributed by atoms with Gasteiger partial charge >= 0.3 is 0 Å². The van der Waals surface area contributed by atoms with Crippen LogP contribution in [-0.4, -0.2) is 31.0 Å². The molecular weight excluding hydrogens is 198 g/mol. The molecule has 0 aliphatic heterocycles. The Balaban J connectivity index is 5.07. The highest BCUT2D eigenvalue weighted by atomic mass is 15.2. The Bertz CT molecular complexity index is 346. The molecule has 0 bridgehead atoms. The number of likely N-dealkylation sites (N-methyl/N-ethyl adjacent to an activating group) is 1. The molecule has 0 aliphatic carbocycles. The molecule has 0 saturated heterocycles. The third-order valence-electron chi connectivity index (χ3n) is 1.81. The molecule has 0 unspecified atom stereocenters. The van der Waals surface area contributed by atoms with E-state index >= 15 is 0 Å². The molecule has 0 amide bonds. The maximum atomic E-state index is 4.24. The predicted octanol–water partition coefficient (Wildman–Crippen LogP) is 2.81. The maximum absolute atomic E-state index is 4.24. The van der Waals surface area contributed by atoms with E-state index in [2.05, 4.69) is 23.1 Å². The summed E-state index contributed by atoms with van der Waals surface area (Å²) in [5.41, 5.74) is 0. The van der Waals surface area contributed by atoms with Crippen molar-refractivity contribution in [2.45, 2.75) is 6.92 Å². The van der Waals surface area contributed by atoms with Gasteiger partial charge in [0.15, 0.2) is 0 Å². The summed E-state index contributed by atoms with van der Waals surface area (Å²) < 4.78 is 0. The van der Waals surface area contributed by atoms with Crippen LogP contribution in [0.5, 0.6) is 0 Å². The van der Waals surface area contributed by atoms with Crippen molar-refractivity contribution in [3.63, 3.8) is 0 Å². The van der Waals surface area contributed by atoms with E-state index in [1.165, 1.54) is 0 Å². The first-order valence-electron chi connectivity index (χ1n) is 5.02. The average Bonchev–Trinajstić information content (AvgIpc) is 2.30. The minimum Gasteiger partial charge on any atom is -0.314 e. The largest absolute Gasteiger partial charge is 0.314 e. The molecule has 0 spiro atoms. The fraction of sp³-hybridized carbons (Fsp3) is 0.231. The topological polar surface area (TPSA) is 28.0 Å². The van der Waals surface area contributed by atoms with Gasteiger partial charge in [-0.15, -0.1) is 0 Å². The molecule has 3 heteroatoms. The summed E-state index contributed by atoms with van der Waals surface area (Å²) in [5, 5.41) is 0. The molecule has 0 N–H and O–H groups in total. The Kier molecular flexibility index (Phi) is 7.41. The van der Waals surface area contributed by atoms with E-state index in [0.717, 1.165) is 11.7 Å². The van der Waals surface area contributed by atoms with Crippen LogP contribution < -0.4 is 0 Å². The number of aliphatic imine (C=N–C) groups is 2. The number of nitrogens with zero attached hydrogens (tertiary/aromatic N) is 3. The molecule has 16 heavy (non-hydrogen) atoms. The van der Waals surface area contributed by atoms with Gasteiger partial charge < -0.3 is 4.90 Å². The lowest BCUT2D eigenvalue weighted by atomic mass is 10.4. The third-order valence-corrected chi connectivity index (χ3v) is 1.81. The van der Waals surface area contributed by atoms with Gasteiger partial charge in [-0.05, 0) is 19.1 Å². The van der Waals surface area contributed by atoms with Crippen molar-refractivity contribution >= 4 is 12.1 Å². The molecule has 3 nitrogen and oxygen atoms in total. The fourth-order valence-electron chi connectivity index (χ4n) is 1.08. The summed E-state index contributed by atoms with van der Waals surface area (Å²) in [6.07, 6.45) is 10.6. The Morgan fingerprint density at radius 3 is 2.38 bits per heavy atom. The van der Waals surface area contributed by atoms with Crippen LogP contribution in [-0.2, 0) is 0 Å². The Hall–Kier alpha value is -1.90. The van der Waals surface area contributed by atoms with Crippen LogP contribution in [0.3, 0.4) is 0 Å². The van der Waals surface area contributed by atoms with Crippen LogP contribution in [0.25, 0.3) is 0 Å². The van der Waals surface area contributed by atoms with Gasteiger partial charge in [-0.25, -0.2) is 4.99 Å².